The van der Waals surface area contributed by atoms with Crippen LogP contribution in [0.1, 0.15) is 10.4 Å². The van der Waals surface area contributed by atoms with Crippen LogP contribution in [0.3, 0.4) is 0 Å². The topological polar surface area (TPSA) is 69.7 Å². The lowest BCUT2D eigenvalue weighted by atomic mass is 10.1. The van der Waals surface area contributed by atoms with E-state index in [1.807, 2.05) is 18.2 Å². The number of Topliss-reactive ketones (excluding diaryl/α,β-unsaturated/α-hetero) is 1. The second-order valence-electron chi connectivity index (χ2n) is 5.49. The number of thiazole rings is 1. The van der Waals surface area contributed by atoms with E-state index in [1.54, 1.807) is 25.3 Å². The van der Waals surface area contributed by atoms with Crippen molar-refractivity contribution < 1.29 is 19.0 Å². The molecule has 1 aliphatic rings. The first-order chi connectivity index (χ1) is 12.2. The summed E-state index contributed by atoms with van der Waals surface area (Å²) >= 11 is 1.49. The highest BCUT2D eigenvalue weighted by Gasteiger charge is 2.15. The third kappa shape index (κ3) is 3.23. The van der Waals surface area contributed by atoms with Gasteiger partial charge in [-0.05, 0) is 36.4 Å². The summed E-state index contributed by atoms with van der Waals surface area (Å²) in [4.78, 5) is 16.9. The summed E-state index contributed by atoms with van der Waals surface area (Å²) in [5.41, 5.74) is 1.46. The van der Waals surface area contributed by atoms with Gasteiger partial charge in [0, 0.05) is 5.56 Å². The molecule has 1 aromatic heterocycles. The fourth-order valence-electron chi connectivity index (χ4n) is 2.58. The summed E-state index contributed by atoms with van der Waals surface area (Å²) in [6.07, 6.45) is 0. The highest BCUT2D eigenvalue weighted by Crippen LogP contribution is 2.31. The van der Waals surface area contributed by atoms with Crippen molar-refractivity contribution in [3.8, 4) is 17.2 Å². The van der Waals surface area contributed by atoms with Gasteiger partial charge in [-0.25, -0.2) is 4.98 Å². The Morgan fingerprint density at radius 1 is 1.20 bits per heavy atom. The molecule has 0 atom stereocenters. The number of ether oxygens (including phenoxy) is 3. The summed E-state index contributed by atoms with van der Waals surface area (Å²) in [6.45, 7) is 1.19. The maximum atomic E-state index is 12.4. The Hall–Kier alpha value is -2.80. The molecule has 0 unspecified atom stereocenters. The Labute approximate surface area is 148 Å². The fourth-order valence-corrected chi connectivity index (χ4v) is 3.47. The number of methoxy groups -OCH3 is 1. The minimum absolute atomic E-state index is 0.0335. The van der Waals surface area contributed by atoms with Crippen LogP contribution in [0.2, 0.25) is 0 Å². The van der Waals surface area contributed by atoms with Crippen LogP contribution < -0.4 is 19.5 Å². The average Bonchev–Trinajstić information content (AvgIpc) is 3.07. The Balaban J connectivity index is 1.46. The van der Waals surface area contributed by atoms with Crippen LogP contribution in [0.4, 0.5) is 5.13 Å². The Kier molecular flexibility index (Phi) is 4.15. The molecule has 4 rings (SSSR count). The van der Waals surface area contributed by atoms with Crippen molar-refractivity contribution in [1.29, 1.82) is 0 Å². The van der Waals surface area contributed by atoms with E-state index in [0.717, 1.165) is 16.0 Å². The van der Waals surface area contributed by atoms with E-state index in [0.29, 0.717) is 35.4 Å². The zero-order valence-electron chi connectivity index (χ0n) is 13.6. The smallest absolute Gasteiger partial charge is 0.184 e. The van der Waals surface area contributed by atoms with Gasteiger partial charge < -0.3 is 19.5 Å². The molecular formula is C18H16N2O4S. The molecule has 25 heavy (non-hydrogen) atoms. The summed E-state index contributed by atoms with van der Waals surface area (Å²) in [6, 6.07) is 10.9. The predicted molar refractivity (Wildman–Crippen MR) is 96.4 cm³/mol. The SMILES string of the molecule is COc1ccc2nc(NCC(=O)c3ccc4c(c3)OCCO4)sc2c1. The minimum Gasteiger partial charge on any atom is -0.497 e. The maximum Gasteiger partial charge on any atom is 0.184 e. The highest BCUT2D eigenvalue weighted by atomic mass is 32.1. The van der Waals surface area contributed by atoms with Gasteiger partial charge in [0.05, 0.1) is 23.9 Å². The lowest BCUT2D eigenvalue weighted by Gasteiger charge is -2.18. The number of carbonyl (C=O) groups excluding carboxylic acids is 1. The first-order valence-corrected chi connectivity index (χ1v) is 8.66. The Morgan fingerprint density at radius 3 is 2.88 bits per heavy atom. The number of hydrogen-bond acceptors (Lipinski definition) is 7. The first kappa shape index (κ1) is 15.7. The number of benzene rings is 2. The van der Waals surface area contributed by atoms with Gasteiger partial charge in [-0.1, -0.05) is 11.3 Å². The third-order valence-electron chi connectivity index (χ3n) is 3.86. The molecular weight excluding hydrogens is 340 g/mol. The van der Waals surface area contributed by atoms with Crippen LogP contribution in [-0.4, -0.2) is 37.6 Å². The van der Waals surface area contributed by atoms with Crippen LogP contribution in [0, 0.1) is 0 Å². The highest BCUT2D eigenvalue weighted by molar-refractivity contribution is 7.22. The monoisotopic (exact) mass is 356 g/mol. The molecule has 6 nitrogen and oxygen atoms in total. The average molecular weight is 356 g/mol. The van der Waals surface area contributed by atoms with E-state index >= 15 is 0 Å². The molecule has 0 saturated heterocycles. The van der Waals surface area contributed by atoms with E-state index in [1.165, 1.54) is 11.3 Å². The molecule has 0 bridgehead atoms. The van der Waals surface area contributed by atoms with Crippen molar-refractivity contribution in [2.45, 2.75) is 0 Å². The number of carbonyl (C=O) groups is 1. The molecule has 0 radical (unpaired) electrons. The molecule has 128 valence electrons. The van der Waals surface area contributed by atoms with E-state index in [2.05, 4.69) is 10.3 Å². The van der Waals surface area contributed by atoms with Crippen molar-refractivity contribution in [1.82, 2.24) is 4.98 Å². The molecule has 1 N–H and O–H groups in total. The lowest BCUT2D eigenvalue weighted by Crippen LogP contribution is -2.17. The second-order valence-corrected chi connectivity index (χ2v) is 6.52. The van der Waals surface area contributed by atoms with Crippen LogP contribution in [0.25, 0.3) is 10.2 Å². The van der Waals surface area contributed by atoms with E-state index in [-0.39, 0.29) is 12.3 Å². The maximum absolute atomic E-state index is 12.4. The number of ketones is 1. The van der Waals surface area contributed by atoms with Crippen molar-refractivity contribution in [2.24, 2.45) is 0 Å². The van der Waals surface area contributed by atoms with E-state index < -0.39 is 0 Å². The van der Waals surface area contributed by atoms with Crippen molar-refractivity contribution >= 4 is 32.5 Å². The number of rotatable bonds is 5. The number of fused-ring (bicyclic) bond motifs is 2. The molecule has 2 aromatic carbocycles. The standard InChI is InChI=1S/C18H16N2O4S/c1-22-12-3-4-13-17(9-12)25-18(20-13)19-10-14(21)11-2-5-15-16(8-11)24-7-6-23-15/h2-5,8-9H,6-7,10H2,1H3,(H,19,20). The van der Waals surface area contributed by atoms with Crippen molar-refractivity contribution in [2.75, 3.05) is 32.2 Å². The van der Waals surface area contributed by atoms with Gasteiger partial charge in [-0.15, -0.1) is 0 Å². The summed E-state index contributed by atoms with van der Waals surface area (Å²) < 4.78 is 17.2. The van der Waals surface area contributed by atoms with E-state index in [4.69, 9.17) is 14.2 Å². The number of aromatic nitrogens is 1. The van der Waals surface area contributed by atoms with Gasteiger partial charge in [0.15, 0.2) is 22.4 Å². The molecule has 0 amide bonds. The molecule has 2 heterocycles. The van der Waals surface area contributed by atoms with Gasteiger partial charge in [0.1, 0.15) is 19.0 Å². The normalized spacial score (nSPS) is 12.8. The molecule has 3 aromatic rings. The van der Waals surface area contributed by atoms with Crippen LogP contribution >= 0.6 is 11.3 Å². The molecule has 0 fully saturated rings. The minimum atomic E-state index is -0.0335. The zero-order valence-corrected chi connectivity index (χ0v) is 14.4. The number of nitrogens with zero attached hydrogens (tertiary/aromatic N) is 1. The molecule has 0 aliphatic carbocycles. The van der Waals surface area contributed by atoms with Gasteiger partial charge in [-0.2, -0.15) is 0 Å². The third-order valence-corrected chi connectivity index (χ3v) is 4.84. The number of nitrogens with one attached hydrogen (secondary N) is 1. The van der Waals surface area contributed by atoms with E-state index in [9.17, 15) is 4.79 Å². The Morgan fingerprint density at radius 2 is 2.04 bits per heavy atom. The van der Waals surface area contributed by atoms with Gasteiger partial charge in [-0.3, -0.25) is 4.79 Å². The second kappa shape index (κ2) is 6.60. The molecule has 7 heteroatoms. The summed E-state index contributed by atoms with van der Waals surface area (Å²) in [7, 11) is 1.63. The van der Waals surface area contributed by atoms with Gasteiger partial charge in [0.25, 0.3) is 0 Å². The van der Waals surface area contributed by atoms with Crippen LogP contribution in [0.5, 0.6) is 17.2 Å². The summed E-state index contributed by atoms with van der Waals surface area (Å²) in [5.74, 6) is 2.05. The van der Waals surface area contributed by atoms with Gasteiger partial charge >= 0.3 is 0 Å². The largest absolute Gasteiger partial charge is 0.497 e. The molecule has 0 saturated carbocycles. The van der Waals surface area contributed by atoms with Crippen LogP contribution in [0.15, 0.2) is 36.4 Å². The first-order valence-electron chi connectivity index (χ1n) is 7.84. The van der Waals surface area contributed by atoms with Crippen LogP contribution in [-0.2, 0) is 0 Å². The molecule has 0 spiro atoms. The van der Waals surface area contributed by atoms with Crippen molar-refractivity contribution in [3.05, 3.63) is 42.0 Å². The predicted octanol–water partition coefficient (Wildman–Crippen LogP) is 3.37. The fraction of sp³-hybridized carbons (Fsp3) is 0.222. The summed E-state index contributed by atoms with van der Waals surface area (Å²) in [5, 5.41) is 3.80. The van der Waals surface area contributed by atoms with Crippen molar-refractivity contribution in [3.63, 3.8) is 0 Å². The Bertz CT molecular complexity index is 938. The zero-order chi connectivity index (χ0) is 17.2. The number of hydrogen-bond donors (Lipinski definition) is 1. The molecule has 1 aliphatic heterocycles. The quantitative estimate of drug-likeness (QED) is 0.707. The number of anilines is 1. The lowest BCUT2D eigenvalue weighted by molar-refractivity contribution is 0.100. The van der Waals surface area contributed by atoms with Gasteiger partial charge in [0.2, 0.25) is 0 Å².